The van der Waals surface area contributed by atoms with Crippen molar-refractivity contribution in [3.05, 3.63) is 6.92 Å². The number of fused-ring (bicyclic) bond motifs is 1. The minimum atomic E-state index is -0.671. The minimum absolute atomic E-state index is 0.0654. The Kier molecular flexibility index (Phi) is 3.04. The predicted molar refractivity (Wildman–Crippen MR) is 69.5 cm³/mol. The molecule has 6 unspecified atom stereocenters. The van der Waals surface area contributed by atoms with Gasteiger partial charge in [0.15, 0.2) is 0 Å². The zero-order valence-electron chi connectivity index (χ0n) is 12.3. The van der Waals surface area contributed by atoms with Crippen LogP contribution in [-0.2, 0) is 28.6 Å². The van der Waals surface area contributed by atoms with Crippen LogP contribution in [-0.4, -0.2) is 35.7 Å². The molecule has 6 nitrogen and oxygen atoms in total. The molecule has 0 N–H and O–H groups in total. The van der Waals surface area contributed by atoms with Gasteiger partial charge in [-0.25, -0.2) is 0 Å². The molecule has 1 saturated heterocycles. The summed E-state index contributed by atoms with van der Waals surface area (Å²) < 4.78 is 15.9. The Balaban J connectivity index is 1.86. The molecule has 0 aromatic rings. The zero-order valence-corrected chi connectivity index (χ0v) is 12.3. The predicted octanol–water partition coefficient (Wildman–Crippen LogP) is 0.881. The fourth-order valence-corrected chi connectivity index (χ4v) is 3.99. The van der Waals surface area contributed by atoms with Crippen LogP contribution in [0.4, 0.5) is 0 Å². The van der Waals surface area contributed by atoms with E-state index in [0.717, 1.165) is 0 Å². The molecular weight excluding hydrogens is 276 g/mol. The van der Waals surface area contributed by atoms with Crippen LogP contribution in [0, 0.1) is 30.6 Å². The Hall–Kier alpha value is -1.59. The van der Waals surface area contributed by atoms with Crippen LogP contribution in [0.15, 0.2) is 0 Å². The molecule has 0 aromatic carbocycles. The highest BCUT2D eigenvalue weighted by Crippen LogP contribution is 2.59. The quantitative estimate of drug-likeness (QED) is 0.556. The van der Waals surface area contributed by atoms with E-state index in [0.29, 0.717) is 6.42 Å². The maximum atomic E-state index is 12.4. The first-order valence-electron chi connectivity index (χ1n) is 7.15. The summed E-state index contributed by atoms with van der Waals surface area (Å²) >= 11 is 0. The summed E-state index contributed by atoms with van der Waals surface area (Å²) in [6.07, 6.45) is -0.375. The third-order valence-electron chi connectivity index (χ3n) is 4.49. The number of esters is 3. The summed E-state index contributed by atoms with van der Waals surface area (Å²) in [5.41, 5.74) is -0.626. The smallest absolute Gasteiger partial charge is 0.310 e. The molecule has 6 atom stereocenters. The van der Waals surface area contributed by atoms with Crippen molar-refractivity contribution in [1.29, 1.82) is 0 Å². The highest BCUT2D eigenvalue weighted by molar-refractivity contribution is 5.86. The van der Waals surface area contributed by atoms with Crippen LogP contribution in [0.2, 0.25) is 0 Å². The summed E-state index contributed by atoms with van der Waals surface area (Å²) in [4.78, 5) is 35.6. The number of rotatable bonds is 2. The van der Waals surface area contributed by atoms with Gasteiger partial charge in [0.05, 0.1) is 18.8 Å². The number of ether oxygens (including phenoxy) is 3. The lowest BCUT2D eigenvalue weighted by Crippen LogP contribution is -2.44. The average molecular weight is 295 g/mol. The molecule has 2 bridgehead atoms. The standard InChI is InChI=1S/C15H19O6/c1-6(16)19-11-8-5-7-9(13(17)20-12(7)11)10(8)14(18)21-15(2,3)4/h7-12H,1,5H2,2-4H3. The van der Waals surface area contributed by atoms with Crippen molar-refractivity contribution < 1.29 is 28.6 Å². The van der Waals surface area contributed by atoms with Gasteiger partial charge in [0.2, 0.25) is 0 Å². The molecule has 0 aromatic heterocycles. The number of hydrogen-bond donors (Lipinski definition) is 0. The Labute approximate surface area is 123 Å². The molecule has 115 valence electrons. The van der Waals surface area contributed by atoms with E-state index >= 15 is 0 Å². The van der Waals surface area contributed by atoms with Crippen molar-refractivity contribution >= 4 is 17.9 Å². The fraction of sp³-hybridized carbons (Fsp3) is 0.733. The Morgan fingerprint density at radius 3 is 2.52 bits per heavy atom. The van der Waals surface area contributed by atoms with Gasteiger partial charge in [-0.2, -0.15) is 0 Å². The Bertz CT molecular complexity index is 505. The van der Waals surface area contributed by atoms with E-state index in [-0.39, 0.29) is 17.8 Å². The zero-order chi connectivity index (χ0) is 15.5. The first-order valence-corrected chi connectivity index (χ1v) is 7.15. The second kappa shape index (κ2) is 4.45. The van der Waals surface area contributed by atoms with Gasteiger partial charge in [-0.1, -0.05) is 0 Å². The van der Waals surface area contributed by atoms with E-state index in [1.54, 1.807) is 20.8 Å². The highest BCUT2D eigenvalue weighted by Gasteiger charge is 2.70. The largest absolute Gasteiger partial charge is 0.460 e. The van der Waals surface area contributed by atoms with E-state index in [1.165, 1.54) is 0 Å². The summed E-state index contributed by atoms with van der Waals surface area (Å²) in [5.74, 6) is -2.82. The van der Waals surface area contributed by atoms with E-state index in [4.69, 9.17) is 14.2 Å². The number of carbonyl (C=O) groups excluding carboxylic acids is 3. The van der Waals surface area contributed by atoms with Crippen LogP contribution in [0.25, 0.3) is 0 Å². The molecule has 0 amide bonds. The highest BCUT2D eigenvalue weighted by atomic mass is 16.6. The molecule has 1 heterocycles. The second-order valence-electron chi connectivity index (χ2n) is 7.00. The molecular formula is C15H19O6. The van der Waals surface area contributed by atoms with Crippen LogP contribution in [0.3, 0.4) is 0 Å². The lowest BCUT2D eigenvalue weighted by Gasteiger charge is -2.31. The first-order chi connectivity index (χ1) is 9.69. The van der Waals surface area contributed by atoms with Gasteiger partial charge in [-0.05, 0) is 27.2 Å². The van der Waals surface area contributed by atoms with Crippen molar-refractivity contribution in [1.82, 2.24) is 0 Å². The third-order valence-corrected chi connectivity index (χ3v) is 4.49. The number of hydrogen-bond acceptors (Lipinski definition) is 6. The van der Waals surface area contributed by atoms with Crippen molar-refractivity contribution in [2.45, 2.75) is 45.0 Å². The van der Waals surface area contributed by atoms with Crippen LogP contribution < -0.4 is 0 Å². The van der Waals surface area contributed by atoms with Gasteiger partial charge in [-0.15, -0.1) is 0 Å². The third kappa shape index (κ3) is 2.21. The van der Waals surface area contributed by atoms with Gasteiger partial charge in [0.25, 0.3) is 0 Å². The lowest BCUT2D eigenvalue weighted by molar-refractivity contribution is -0.170. The van der Waals surface area contributed by atoms with Crippen molar-refractivity contribution in [3.8, 4) is 0 Å². The van der Waals surface area contributed by atoms with Crippen LogP contribution >= 0.6 is 0 Å². The van der Waals surface area contributed by atoms with Crippen molar-refractivity contribution in [2.75, 3.05) is 0 Å². The number of carbonyl (C=O) groups is 3. The Morgan fingerprint density at radius 2 is 1.95 bits per heavy atom. The second-order valence-corrected chi connectivity index (χ2v) is 7.00. The normalized spacial score (nSPS) is 40.1. The fourth-order valence-electron chi connectivity index (χ4n) is 3.99. The summed E-state index contributed by atoms with van der Waals surface area (Å²) in [6.45, 7) is 8.54. The Morgan fingerprint density at radius 1 is 1.29 bits per heavy atom. The van der Waals surface area contributed by atoms with Crippen LogP contribution in [0.5, 0.6) is 0 Å². The van der Waals surface area contributed by atoms with E-state index in [2.05, 4.69) is 6.92 Å². The van der Waals surface area contributed by atoms with E-state index in [9.17, 15) is 14.4 Å². The van der Waals surface area contributed by atoms with Gasteiger partial charge >= 0.3 is 17.9 Å². The molecule has 2 saturated carbocycles. The molecule has 21 heavy (non-hydrogen) atoms. The van der Waals surface area contributed by atoms with Gasteiger partial charge in [0, 0.05) is 11.8 Å². The van der Waals surface area contributed by atoms with Crippen LogP contribution in [0.1, 0.15) is 27.2 Å². The topological polar surface area (TPSA) is 78.9 Å². The first kappa shape index (κ1) is 14.4. The van der Waals surface area contributed by atoms with Gasteiger partial charge in [-0.3, -0.25) is 14.4 Å². The maximum Gasteiger partial charge on any atom is 0.310 e. The van der Waals surface area contributed by atoms with E-state index in [1.807, 2.05) is 0 Å². The molecule has 2 aliphatic carbocycles. The molecule has 6 heteroatoms. The monoisotopic (exact) mass is 295 g/mol. The SMILES string of the molecule is [CH2]C(=O)OC1C2CC3C1OC(=O)C3C2C(=O)OC(C)(C)C. The van der Waals surface area contributed by atoms with E-state index < -0.39 is 41.6 Å². The molecule has 1 radical (unpaired) electrons. The molecule has 3 rings (SSSR count). The van der Waals surface area contributed by atoms with Crippen molar-refractivity contribution in [3.63, 3.8) is 0 Å². The average Bonchev–Trinajstić information content (AvgIpc) is 2.88. The summed E-state index contributed by atoms with van der Waals surface area (Å²) in [5, 5.41) is 0. The molecule has 0 spiro atoms. The molecule has 1 aliphatic heterocycles. The molecule has 3 fully saturated rings. The van der Waals surface area contributed by atoms with Crippen molar-refractivity contribution in [2.24, 2.45) is 23.7 Å². The minimum Gasteiger partial charge on any atom is -0.460 e. The van der Waals surface area contributed by atoms with Gasteiger partial charge < -0.3 is 14.2 Å². The molecule has 3 aliphatic rings. The maximum absolute atomic E-state index is 12.4. The summed E-state index contributed by atoms with van der Waals surface area (Å²) in [6, 6.07) is 0. The summed E-state index contributed by atoms with van der Waals surface area (Å²) in [7, 11) is 0. The lowest BCUT2D eigenvalue weighted by atomic mass is 9.78. The van der Waals surface area contributed by atoms with Gasteiger partial charge in [0.1, 0.15) is 17.8 Å².